The molecule has 0 radical (unpaired) electrons. The molecule has 1 fully saturated rings. The van der Waals surface area contributed by atoms with Crippen molar-refractivity contribution in [2.75, 3.05) is 11.9 Å². The van der Waals surface area contributed by atoms with Crippen molar-refractivity contribution in [2.24, 2.45) is 0 Å². The van der Waals surface area contributed by atoms with E-state index in [0.29, 0.717) is 21.9 Å². The number of aryl methyl sites for hydroxylation is 1. The molecule has 0 atom stereocenters. The predicted octanol–water partition coefficient (Wildman–Crippen LogP) is 4.19. The van der Waals surface area contributed by atoms with Gasteiger partial charge in [-0.15, -0.1) is 11.3 Å². The predicted molar refractivity (Wildman–Crippen MR) is 116 cm³/mol. The Morgan fingerprint density at radius 3 is 2.60 bits per heavy atom. The standard InChI is InChI=1S/C23H25N3O3S/c24-13-19-18-7-4-8-20(18)30-23(19)26-21(27)14-29-17-11-9-15(10-12-17)22(28)25-16-5-2-1-3-6-16/h9-12,16H,1-8,14H2,(H,25,28)(H,26,27). The molecule has 2 aliphatic carbocycles. The highest BCUT2D eigenvalue weighted by molar-refractivity contribution is 7.16. The van der Waals surface area contributed by atoms with Gasteiger partial charge in [0.15, 0.2) is 6.61 Å². The average Bonchev–Trinajstić information content (AvgIpc) is 3.34. The molecule has 0 unspecified atom stereocenters. The Balaban J connectivity index is 1.28. The SMILES string of the molecule is N#Cc1c(NC(=O)COc2ccc(C(=O)NC3CCCCC3)cc2)sc2c1CCC2. The summed E-state index contributed by atoms with van der Waals surface area (Å²) in [5, 5.41) is 15.9. The van der Waals surface area contributed by atoms with E-state index in [0.717, 1.165) is 37.7 Å². The fourth-order valence-corrected chi connectivity index (χ4v) is 5.40. The van der Waals surface area contributed by atoms with Crippen LogP contribution in [0, 0.1) is 11.3 Å². The Bertz CT molecular complexity index is 969. The molecular formula is C23H25N3O3S. The Morgan fingerprint density at radius 2 is 1.87 bits per heavy atom. The van der Waals surface area contributed by atoms with E-state index in [1.165, 1.54) is 35.5 Å². The van der Waals surface area contributed by atoms with Crippen molar-refractivity contribution >= 4 is 28.2 Å². The number of nitrogens with zero attached hydrogens (tertiary/aromatic N) is 1. The zero-order valence-corrected chi connectivity index (χ0v) is 17.6. The summed E-state index contributed by atoms with van der Waals surface area (Å²) >= 11 is 1.49. The normalized spacial score (nSPS) is 15.8. The van der Waals surface area contributed by atoms with Gasteiger partial charge in [-0.2, -0.15) is 5.26 Å². The lowest BCUT2D eigenvalue weighted by Gasteiger charge is -2.22. The summed E-state index contributed by atoms with van der Waals surface area (Å²) in [5.41, 5.74) is 2.26. The lowest BCUT2D eigenvalue weighted by atomic mass is 9.95. The largest absolute Gasteiger partial charge is 0.484 e. The van der Waals surface area contributed by atoms with Crippen LogP contribution < -0.4 is 15.4 Å². The van der Waals surface area contributed by atoms with Crippen molar-refractivity contribution < 1.29 is 14.3 Å². The van der Waals surface area contributed by atoms with Crippen molar-refractivity contribution in [1.82, 2.24) is 5.32 Å². The van der Waals surface area contributed by atoms with Crippen LogP contribution >= 0.6 is 11.3 Å². The minimum absolute atomic E-state index is 0.0685. The summed E-state index contributed by atoms with van der Waals surface area (Å²) in [4.78, 5) is 25.8. The first kappa shape index (κ1) is 20.4. The number of thiophene rings is 1. The van der Waals surface area contributed by atoms with E-state index in [2.05, 4.69) is 16.7 Å². The van der Waals surface area contributed by atoms with Crippen molar-refractivity contribution in [2.45, 2.75) is 57.4 Å². The monoisotopic (exact) mass is 423 g/mol. The lowest BCUT2D eigenvalue weighted by Crippen LogP contribution is -2.36. The van der Waals surface area contributed by atoms with Crippen LogP contribution in [0.2, 0.25) is 0 Å². The molecule has 2 aromatic rings. The van der Waals surface area contributed by atoms with Gasteiger partial charge in [0.05, 0.1) is 5.56 Å². The van der Waals surface area contributed by atoms with Crippen LogP contribution in [0.4, 0.5) is 5.00 Å². The minimum atomic E-state index is -0.300. The average molecular weight is 424 g/mol. The van der Waals surface area contributed by atoms with Gasteiger partial charge < -0.3 is 15.4 Å². The fourth-order valence-electron chi connectivity index (χ4n) is 4.14. The Hall–Kier alpha value is -2.85. The quantitative estimate of drug-likeness (QED) is 0.729. The number of nitrogens with one attached hydrogen (secondary N) is 2. The van der Waals surface area contributed by atoms with E-state index in [4.69, 9.17) is 4.74 Å². The summed E-state index contributed by atoms with van der Waals surface area (Å²) in [6, 6.07) is 9.30. The van der Waals surface area contributed by atoms with Gasteiger partial charge in [0.2, 0.25) is 0 Å². The number of benzene rings is 1. The third kappa shape index (κ3) is 4.65. The first-order chi connectivity index (χ1) is 14.6. The Kier molecular flexibility index (Phi) is 6.34. The molecule has 2 aliphatic rings. The van der Waals surface area contributed by atoms with Crippen LogP contribution in [0.5, 0.6) is 5.75 Å². The molecule has 0 spiro atoms. The highest BCUT2D eigenvalue weighted by Crippen LogP contribution is 2.38. The molecule has 1 aromatic carbocycles. The van der Waals surface area contributed by atoms with Crippen LogP contribution in [-0.4, -0.2) is 24.5 Å². The number of nitriles is 1. The van der Waals surface area contributed by atoms with Gasteiger partial charge >= 0.3 is 0 Å². The highest BCUT2D eigenvalue weighted by atomic mass is 32.1. The molecule has 0 saturated heterocycles. The van der Waals surface area contributed by atoms with Crippen molar-refractivity contribution in [3.63, 3.8) is 0 Å². The zero-order chi connectivity index (χ0) is 20.9. The molecule has 1 saturated carbocycles. The summed E-state index contributed by atoms with van der Waals surface area (Å²) in [6.45, 7) is -0.152. The molecule has 2 amide bonds. The topological polar surface area (TPSA) is 91.2 Å². The number of rotatable bonds is 6. The van der Waals surface area contributed by atoms with Gasteiger partial charge in [-0.1, -0.05) is 19.3 Å². The first-order valence-electron chi connectivity index (χ1n) is 10.5. The van der Waals surface area contributed by atoms with Gasteiger partial charge in [-0.05, 0) is 61.9 Å². The van der Waals surface area contributed by atoms with Gasteiger partial charge in [0.1, 0.15) is 16.8 Å². The zero-order valence-electron chi connectivity index (χ0n) is 16.8. The molecule has 30 heavy (non-hydrogen) atoms. The van der Waals surface area contributed by atoms with Gasteiger partial charge in [0.25, 0.3) is 11.8 Å². The molecule has 7 heteroatoms. The van der Waals surface area contributed by atoms with E-state index in [1.54, 1.807) is 24.3 Å². The van der Waals surface area contributed by atoms with Crippen LogP contribution in [0.15, 0.2) is 24.3 Å². The van der Waals surface area contributed by atoms with Crippen LogP contribution in [0.1, 0.15) is 64.9 Å². The van der Waals surface area contributed by atoms with Crippen molar-refractivity contribution in [3.05, 3.63) is 45.8 Å². The fraction of sp³-hybridized carbons (Fsp3) is 0.435. The molecule has 156 valence electrons. The lowest BCUT2D eigenvalue weighted by molar-refractivity contribution is -0.118. The Labute approximate surface area is 180 Å². The van der Waals surface area contributed by atoms with E-state index in [1.807, 2.05) is 0 Å². The third-order valence-corrected chi connectivity index (χ3v) is 6.92. The first-order valence-corrected chi connectivity index (χ1v) is 11.3. The van der Waals surface area contributed by atoms with E-state index < -0.39 is 0 Å². The number of carbonyl (C=O) groups excluding carboxylic acids is 2. The number of anilines is 1. The molecular weight excluding hydrogens is 398 g/mol. The molecule has 2 N–H and O–H groups in total. The number of fused-ring (bicyclic) bond motifs is 1. The minimum Gasteiger partial charge on any atom is -0.484 e. The third-order valence-electron chi connectivity index (χ3n) is 5.71. The summed E-state index contributed by atoms with van der Waals surface area (Å²) in [7, 11) is 0. The molecule has 4 rings (SSSR count). The molecule has 0 bridgehead atoms. The maximum atomic E-state index is 12.4. The van der Waals surface area contributed by atoms with Crippen LogP contribution in [0.25, 0.3) is 0 Å². The number of hydrogen-bond donors (Lipinski definition) is 2. The number of ether oxygens (including phenoxy) is 1. The molecule has 1 aromatic heterocycles. The Morgan fingerprint density at radius 1 is 1.10 bits per heavy atom. The maximum absolute atomic E-state index is 12.4. The summed E-state index contributed by atoms with van der Waals surface area (Å²) < 4.78 is 5.55. The number of amides is 2. The van der Waals surface area contributed by atoms with Crippen LogP contribution in [0.3, 0.4) is 0 Å². The number of hydrogen-bond acceptors (Lipinski definition) is 5. The molecule has 0 aliphatic heterocycles. The second kappa shape index (κ2) is 9.31. The second-order valence-corrected chi connectivity index (χ2v) is 8.95. The van der Waals surface area contributed by atoms with E-state index >= 15 is 0 Å². The summed E-state index contributed by atoms with van der Waals surface area (Å²) in [5.74, 6) is 0.153. The highest BCUT2D eigenvalue weighted by Gasteiger charge is 2.23. The van der Waals surface area contributed by atoms with Crippen molar-refractivity contribution in [1.29, 1.82) is 5.26 Å². The maximum Gasteiger partial charge on any atom is 0.262 e. The van der Waals surface area contributed by atoms with E-state index in [9.17, 15) is 14.9 Å². The summed E-state index contributed by atoms with van der Waals surface area (Å²) in [6.07, 6.45) is 8.63. The molecule has 1 heterocycles. The van der Waals surface area contributed by atoms with Gasteiger partial charge in [-0.3, -0.25) is 9.59 Å². The second-order valence-electron chi connectivity index (χ2n) is 7.84. The smallest absolute Gasteiger partial charge is 0.262 e. The van der Waals surface area contributed by atoms with Gasteiger partial charge in [-0.25, -0.2) is 0 Å². The van der Waals surface area contributed by atoms with Crippen molar-refractivity contribution in [3.8, 4) is 11.8 Å². The van der Waals surface area contributed by atoms with Crippen LogP contribution in [-0.2, 0) is 17.6 Å². The van der Waals surface area contributed by atoms with Gasteiger partial charge in [0, 0.05) is 16.5 Å². The number of carbonyl (C=O) groups is 2. The molecule has 6 nitrogen and oxygen atoms in total. The van der Waals surface area contributed by atoms with E-state index in [-0.39, 0.29) is 24.5 Å².